The standard InChI is InChI=1S/2C23H23ClN2O3S/c2*1-28-21-11-10-16(24)13-18(21)19-15-30-23(25-19)20-9-5-6-12-26(20)22(27)14-29-17-7-3-2-4-8-17/h2*2-4,7-8,10-11,13,15,20H,5-6,9,12,14H2,1H3/t2*20-/m11/s1. The quantitative estimate of drug-likeness (QED) is 0.120. The van der Waals surface area contributed by atoms with Crippen LogP contribution in [-0.4, -0.2) is 72.1 Å². The Hall–Kier alpha value is -5.14. The second kappa shape index (κ2) is 20.9. The SMILES string of the molecule is COc1ccc(Cl)cc1-c1csc([C@H]2CCCCN2C(=O)COc2ccccc2)n1.COc1ccc(Cl)cc1-c1csc([C@H]2CCCCN2C(=O)COc2ccccc2)n1. The number of benzene rings is 4. The molecule has 6 aromatic rings. The topological polar surface area (TPSA) is 103 Å². The molecule has 0 aliphatic carbocycles. The van der Waals surface area contributed by atoms with E-state index in [-0.39, 0.29) is 37.1 Å². The predicted octanol–water partition coefficient (Wildman–Crippen LogP) is 11.2. The number of piperidine rings is 2. The number of carbonyl (C=O) groups excluding carboxylic acids is 2. The van der Waals surface area contributed by atoms with Crippen LogP contribution in [0.5, 0.6) is 23.0 Å². The number of likely N-dealkylation sites (tertiary alicyclic amines) is 2. The zero-order chi connectivity index (χ0) is 41.8. The molecule has 0 unspecified atom stereocenters. The van der Waals surface area contributed by atoms with E-state index < -0.39 is 0 Å². The Bertz CT molecular complexity index is 2180. The van der Waals surface area contributed by atoms with Crippen molar-refractivity contribution in [3.05, 3.63) is 128 Å². The van der Waals surface area contributed by atoms with Gasteiger partial charge in [-0.1, -0.05) is 59.6 Å². The van der Waals surface area contributed by atoms with Crippen LogP contribution in [0.1, 0.15) is 60.6 Å². The molecule has 14 heteroatoms. The number of methoxy groups -OCH3 is 2. The predicted molar refractivity (Wildman–Crippen MR) is 239 cm³/mol. The van der Waals surface area contributed by atoms with Crippen molar-refractivity contribution in [3.63, 3.8) is 0 Å². The van der Waals surface area contributed by atoms with E-state index in [1.807, 2.05) is 105 Å². The minimum Gasteiger partial charge on any atom is -0.496 e. The molecule has 2 aromatic heterocycles. The van der Waals surface area contributed by atoms with Crippen molar-refractivity contribution in [2.24, 2.45) is 0 Å². The third kappa shape index (κ3) is 10.8. The molecule has 2 saturated heterocycles. The number of hydrogen-bond donors (Lipinski definition) is 0. The Morgan fingerprint density at radius 3 is 1.43 bits per heavy atom. The Morgan fingerprint density at radius 1 is 0.617 bits per heavy atom. The number of aromatic nitrogens is 2. The summed E-state index contributed by atoms with van der Waals surface area (Å²) < 4.78 is 22.3. The summed E-state index contributed by atoms with van der Waals surface area (Å²) in [5.41, 5.74) is 3.34. The summed E-state index contributed by atoms with van der Waals surface area (Å²) in [5, 5.41) is 7.13. The number of rotatable bonds is 12. The van der Waals surface area contributed by atoms with Gasteiger partial charge in [0.1, 0.15) is 33.0 Å². The van der Waals surface area contributed by atoms with Gasteiger partial charge in [-0.3, -0.25) is 9.59 Å². The van der Waals surface area contributed by atoms with Crippen molar-refractivity contribution < 1.29 is 28.5 Å². The Morgan fingerprint density at radius 2 is 1.03 bits per heavy atom. The highest BCUT2D eigenvalue weighted by Crippen LogP contribution is 2.40. The van der Waals surface area contributed by atoms with Gasteiger partial charge >= 0.3 is 0 Å². The second-order valence-corrected chi connectivity index (χ2v) is 16.9. The normalized spacial score (nSPS) is 16.3. The van der Waals surface area contributed by atoms with Gasteiger partial charge in [0.25, 0.3) is 11.8 Å². The van der Waals surface area contributed by atoms with Crippen molar-refractivity contribution in [3.8, 4) is 45.5 Å². The Kier molecular flexibility index (Phi) is 15.0. The molecule has 0 N–H and O–H groups in total. The first kappa shape index (κ1) is 43.0. The average molecular weight is 886 g/mol. The smallest absolute Gasteiger partial charge is 0.261 e. The molecule has 2 fully saturated rings. The largest absolute Gasteiger partial charge is 0.496 e. The number of amides is 2. The van der Waals surface area contributed by atoms with Gasteiger partial charge < -0.3 is 28.7 Å². The number of thiazole rings is 2. The molecule has 8 rings (SSSR count). The number of ether oxygens (including phenoxy) is 4. The first-order valence-electron chi connectivity index (χ1n) is 19.8. The van der Waals surface area contributed by atoms with Crippen molar-refractivity contribution in [2.45, 2.75) is 50.6 Å². The van der Waals surface area contributed by atoms with Crippen molar-refractivity contribution in [1.29, 1.82) is 0 Å². The molecule has 0 radical (unpaired) electrons. The van der Waals surface area contributed by atoms with Gasteiger partial charge in [-0.2, -0.15) is 0 Å². The van der Waals surface area contributed by atoms with Gasteiger partial charge in [0.2, 0.25) is 0 Å². The van der Waals surface area contributed by atoms with Gasteiger partial charge in [-0.05, 0) is 99.2 Å². The molecule has 0 bridgehead atoms. The molecule has 10 nitrogen and oxygen atoms in total. The molecule has 4 heterocycles. The first-order chi connectivity index (χ1) is 29.3. The van der Waals surface area contributed by atoms with Crippen LogP contribution < -0.4 is 18.9 Å². The lowest BCUT2D eigenvalue weighted by Crippen LogP contribution is -2.41. The fourth-order valence-electron chi connectivity index (χ4n) is 7.35. The minimum absolute atomic E-state index is 0.0133. The summed E-state index contributed by atoms with van der Waals surface area (Å²) in [6.45, 7) is 1.50. The number of carbonyl (C=O) groups is 2. The van der Waals surface area contributed by atoms with E-state index in [0.717, 1.165) is 95.6 Å². The number of nitrogens with zero attached hydrogens (tertiary/aromatic N) is 4. The minimum atomic E-state index is -0.0328. The summed E-state index contributed by atoms with van der Waals surface area (Å²) in [6, 6.07) is 29.8. The molecule has 60 heavy (non-hydrogen) atoms. The van der Waals surface area contributed by atoms with Gasteiger partial charge in [0.05, 0.1) is 37.7 Å². The van der Waals surface area contributed by atoms with Crippen LogP contribution in [0.3, 0.4) is 0 Å². The van der Waals surface area contributed by atoms with E-state index in [0.29, 0.717) is 21.5 Å². The summed E-state index contributed by atoms with van der Waals surface area (Å²) in [7, 11) is 3.27. The van der Waals surface area contributed by atoms with E-state index in [4.69, 9.17) is 52.1 Å². The molecular weight excluding hydrogens is 840 g/mol. The van der Waals surface area contributed by atoms with Crippen molar-refractivity contribution in [2.75, 3.05) is 40.5 Å². The maximum atomic E-state index is 12.9. The summed E-state index contributed by atoms with van der Waals surface area (Å²) in [4.78, 5) is 39.3. The lowest BCUT2D eigenvalue weighted by molar-refractivity contribution is -0.138. The van der Waals surface area contributed by atoms with Crippen LogP contribution in [0, 0.1) is 0 Å². The van der Waals surface area contributed by atoms with Crippen LogP contribution in [0.2, 0.25) is 10.0 Å². The van der Waals surface area contributed by atoms with Gasteiger partial charge in [-0.25, -0.2) is 9.97 Å². The average Bonchev–Trinajstić information content (AvgIpc) is 4.00. The molecule has 0 spiro atoms. The van der Waals surface area contributed by atoms with Gasteiger partial charge in [0.15, 0.2) is 13.2 Å². The molecule has 2 aliphatic rings. The lowest BCUT2D eigenvalue weighted by Gasteiger charge is -2.34. The lowest BCUT2D eigenvalue weighted by atomic mass is 10.0. The molecule has 2 aliphatic heterocycles. The first-order valence-corrected chi connectivity index (χ1v) is 22.4. The third-order valence-electron chi connectivity index (χ3n) is 10.3. The molecule has 2 amide bonds. The Balaban J connectivity index is 0.000000181. The number of hydrogen-bond acceptors (Lipinski definition) is 10. The molecular formula is C46H46Cl2N4O6S2. The molecule has 0 saturated carbocycles. The van der Waals surface area contributed by atoms with E-state index in [1.54, 1.807) is 49.0 Å². The fourth-order valence-corrected chi connectivity index (χ4v) is 9.63. The summed E-state index contributed by atoms with van der Waals surface area (Å²) >= 11 is 15.5. The van der Waals surface area contributed by atoms with Crippen LogP contribution in [-0.2, 0) is 9.59 Å². The van der Waals surface area contributed by atoms with Crippen LogP contribution in [0.15, 0.2) is 108 Å². The highest BCUT2D eigenvalue weighted by molar-refractivity contribution is 7.10. The monoisotopic (exact) mass is 884 g/mol. The van der Waals surface area contributed by atoms with Crippen molar-refractivity contribution in [1.82, 2.24) is 19.8 Å². The maximum Gasteiger partial charge on any atom is 0.261 e. The van der Waals surface area contributed by atoms with Crippen LogP contribution in [0.4, 0.5) is 0 Å². The van der Waals surface area contributed by atoms with Gasteiger partial charge in [0, 0.05) is 45.0 Å². The highest BCUT2D eigenvalue weighted by Gasteiger charge is 2.32. The number of halogens is 2. The molecule has 312 valence electrons. The Labute approximate surface area is 368 Å². The third-order valence-corrected chi connectivity index (χ3v) is 12.7. The second-order valence-electron chi connectivity index (χ2n) is 14.2. The maximum absolute atomic E-state index is 12.9. The zero-order valence-corrected chi connectivity index (χ0v) is 36.6. The van der Waals surface area contributed by atoms with Gasteiger partial charge in [-0.15, -0.1) is 22.7 Å². The fraction of sp³-hybridized carbons (Fsp3) is 0.304. The van der Waals surface area contributed by atoms with E-state index in [1.165, 1.54) is 0 Å². The van der Waals surface area contributed by atoms with Crippen LogP contribution >= 0.6 is 45.9 Å². The van der Waals surface area contributed by atoms with E-state index >= 15 is 0 Å². The van der Waals surface area contributed by atoms with E-state index in [2.05, 4.69) is 0 Å². The van der Waals surface area contributed by atoms with Crippen LogP contribution in [0.25, 0.3) is 22.5 Å². The number of para-hydroxylation sites is 2. The van der Waals surface area contributed by atoms with Crippen molar-refractivity contribution >= 4 is 57.7 Å². The summed E-state index contributed by atoms with van der Waals surface area (Å²) in [6.07, 6.45) is 5.93. The molecule has 2 atom stereocenters. The summed E-state index contributed by atoms with van der Waals surface area (Å²) in [5.74, 6) is 2.82. The highest BCUT2D eigenvalue weighted by atomic mass is 35.5. The molecule has 4 aromatic carbocycles. The van der Waals surface area contributed by atoms with E-state index in [9.17, 15) is 9.59 Å². The zero-order valence-electron chi connectivity index (χ0n) is 33.4.